The Labute approximate surface area is 211 Å². The van der Waals surface area contributed by atoms with Crippen LogP contribution in [0, 0.1) is 6.92 Å². The van der Waals surface area contributed by atoms with Gasteiger partial charge in [0.1, 0.15) is 11.5 Å². The Morgan fingerprint density at radius 2 is 1.94 bits per heavy atom. The molecule has 0 unspecified atom stereocenters. The van der Waals surface area contributed by atoms with Gasteiger partial charge in [0.2, 0.25) is 5.91 Å². The SMILES string of the molecule is Cc1nc2c(cc1-c1ncccn1)CC[C@@]1(CCN(C(=O)[C@H](C)c3cc(C(F)(F)F)ncc3Cl)C1)N2. The number of alkyl halides is 3. The van der Waals surface area contributed by atoms with Crippen molar-refractivity contribution in [1.82, 2.24) is 24.8 Å². The van der Waals surface area contributed by atoms with Crippen LogP contribution >= 0.6 is 11.6 Å². The summed E-state index contributed by atoms with van der Waals surface area (Å²) in [6.45, 7) is 4.43. The molecule has 1 fully saturated rings. The minimum atomic E-state index is -4.61. The molecule has 0 bridgehead atoms. The van der Waals surface area contributed by atoms with Gasteiger partial charge in [0.15, 0.2) is 5.82 Å². The van der Waals surface area contributed by atoms with Gasteiger partial charge in [-0.25, -0.2) is 15.0 Å². The van der Waals surface area contributed by atoms with Crippen LogP contribution in [-0.4, -0.2) is 49.4 Å². The Morgan fingerprint density at radius 1 is 1.19 bits per heavy atom. The Hall–Kier alpha value is -3.27. The summed E-state index contributed by atoms with van der Waals surface area (Å²) in [5, 5.41) is 3.61. The molecule has 5 rings (SSSR count). The molecule has 3 aromatic heterocycles. The zero-order valence-corrected chi connectivity index (χ0v) is 20.5. The number of nitrogens with zero attached hydrogens (tertiary/aromatic N) is 5. The lowest BCUT2D eigenvalue weighted by Crippen LogP contribution is -2.46. The molecule has 188 valence electrons. The molecule has 36 heavy (non-hydrogen) atoms. The summed E-state index contributed by atoms with van der Waals surface area (Å²) in [5.41, 5.74) is 1.47. The lowest BCUT2D eigenvalue weighted by Gasteiger charge is -2.36. The van der Waals surface area contributed by atoms with Gasteiger partial charge in [-0.15, -0.1) is 0 Å². The Kier molecular flexibility index (Phi) is 6.10. The highest BCUT2D eigenvalue weighted by Crippen LogP contribution is 2.39. The fraction of sp³-hybridized carbons (Fsp3) is 0.400. The fourth-order valence-electron chi connectivity index (χ4n) is 5.01. The number of carbonyl (C=O) groups excluding carboxylic acids is 1. The number of fused-ring (bicyclic) bond motifs is 1. The van der Waals surface area contributed by atoms with Crippen molar-refractivity contribution in [2.75, 3.05) is 18.4 Å². The van der Waals surface area contributed by atoms with Crippen molar-refractivity contribution < 1.29 is 18.0 Å². The smallest absolute Gasteiger partial charge is 0.363 e. The van der Waals surface area contributed by atoms with E-state index in [0.717, 1.165) is 47.7 Å². The van der Waals surface area contributed by atoms with Crippen LogP contribution in [0.4, 0.5) is 19.0 Å². The fourth-order valence-corrected chi connectivity index (χ4v) is 5.28. The lowest BCUT2D eigenvalue weighted by molar-refractivity contribution is -0.141. The van der Waals surface area contributed by atoms with Crippen LogP contribution in [-0.2, 0) is 17.4 Å². The van der Waals surface area contributed by atoms with Crippen LogP contribution in [0.5, 0.6) is 0 Å². The molecule has 5 heterocycles. The quantitative estimate of drug-likeness (QED) is 0.524. The van der Waals surface area contributed by atoms with Crippen molar-refractivity contribution in [2.24, 2.45) is 0 Å². The van der Waals surface area contributed by atoms with E-state index in [4.69, 9.17) is 16.6 Å². The Morgan fingerprint density at radius 3 is 2.67 bits per heavy atom. The minimum absolute atomic E-state index is 0.0420. The van der Waals surface area contributed by atoms with Gasteiger partial charge in [-0.05, 0) is 62.4 Å². The zero-order chi connectivity index (χ0) is 25.7. The van der Waals surface area contributed by atoms with E-state index in [1.807, 2.05) is 6.92 Å². The lowest BCUT2D eigenvalue weighted by atomic mass is 9.86. The molecule has 2 atom stereocenters. The van der Waals surface area contributed by atoms with E-state index in [1.165, 1.54) is 0 Å². The maximum Gasteiger partial charge on any atom is 0.433 e. The number of hydrogen-bond donors (Lipinski definition) is 1. The molecule has 0 radical (unpaired) electrons. The first-order chi connectivity index (χ1) is 17.1. The number of carbonyl (C=O) groups is 1. The maximum atomic E-state index is 13.3. The minimum Gasteiger partial charge on any atom is -0.363 e. The van der Waals surface area contributed by atoms with E-state index >= 15 is 0 Å². The molecule has 2 aliphatic rings. The number of likely N-dealkylation sites (tertiary alicyclic amines) is 1. The molecule has 7 nitrogen and oxygen atoms in total. The van der Waals surface area contributed by atoms with Crippen LogP contribution < -0.4 is 5.32 Å². The van der Waals surface area contributed by atoms with Gasteiger partial charge in [-0.2, -0.15) is 13.2 Å². The average molecular weight is 517 g/mol. The molecule has 1 spiro atoms. The summed E-state index contributed by atoms with van der Waals surface area (Å²) in [6, 6.07) is 4.70. The Bertz CT molecular complexity index is 1320. The second-order valence-corrected chi connectivity index (χ2v) is 9.83. The highest BCUT2D eigenvalue weighted by molar-refractivity contribution is 6.31. The van der Waals surface area contributed by atoms with Crippen molar-refractivity contribution in [1.29, 1.82) is 0 Å². The van der Waals surface area contributed by atoms with Crippen LogP contribution in [0.25, 0.3) is 11.4 Å². The summed E-state index contributed by atoms with van der Waals surface area (Å²) < 4.78 is 39.5. The van der Waals surface area contributed by atoms with Crippen LogP contribution in [0.15, 0.2) is 36.8 Å². The number of halogens is 4. The summed E-state index contributed by atoms with van der Waals surface area (Å²) in [5.74, 6) is 0.316. The van der Waals surface area contributed by atoms with Crippen LogP contribution in [0.3, 0.4) is 0 Å². The van der Waals surface area contributed by atoms with Gasteiger partial charge in [0, 0.05) is 37.2 Å². The molecule has 0 saturated carbocycles. The molecular weight excluding hydrogens is 493 g/mol. The second kappa shape index (κ2) is 8.99. The van der Waals surface area contributed by atoms with Crippen molar-refractivity contribution in [3.8, 4) is 11.4 Å². The standard InChI is InChI=1S/C25H24ClF3N6O/c1-14(17-11-20(25(27,28)29)32-12-19(17)26)23(36)35-9-6-24(13-35)5-4-16-10-18(15(2)33-21(16)34-24)22-30-7-3-8-31-22/h3,7-8,10-12,14H,4-6,9,13H2,1-2H3,(H,33,34)/t14-,24+/m1/s1. The predicted octanol–water partition coefficient (Wildman–Crippen LogP) is 5.05. The first-order valence-corrected chi connectivity index (χ1v) is 12.0. The number of amides is 1. The van der Waals surface area contributed by atoms with E-state index < -0.39 is 17.8 Å². The maximum absolute atomic E-state index is 13.3. The van der Waals surface area contributed by atoms with E-state index in [2.05, 4.69) is 26.3 Å². The van der Waals surface area contributed by atoms with Gasteiger partial charge < -0.3 is 10.2 Å². The molecule has 1 amide bonds. The predicted molar refractivity (Wildman–Crippen MR) is 129 cm³/mol. The molecule has 0 aromatic carbocycles. The topological polar surface area (TPSA) is 83.9 Å². The molecule has 2 aliphatic heterocycles. The number of anilines is 1. The van der Waals surface area contributed by atoms with Gasteiger partial charge in [0.25, 0.3) is 0 Å². The van der Waals surface area contributed by atoms with Gasteiger partial charge in [-0.3, -0.25) is 9.78 Å². The normalized spacial score (nSPS) is 20.2. The molecular formula is C25H24ClF3N6O. The first-order valence-electron chi connectivity index (χ1n) is 11.6. The third kappa shape index (κ3) is 4.50. The largest absolute Gasteiger partial charge is 0.433 e. The molecule has 0 aliphatic carbocycles. The van der Waals surface area contributed by atoms with Gasteiger partial charge in [-0.1, -0.05) is 11.6 Å². The van der Waals surface area contributed by atoms with Crippen molar-refractivity contribution >= 4 is 23.3 Å². The molecule has 1 saturated heterocycles. The Balaban J connectivity index is 1.33. The summed E-state index contributed by atoms with van der Waals surface area (Å²) in [7, 11) is 0. The average Bonchev–Trinajstić information content (AvgIpc) is 3.26. The number of nitrogens with one attached hydrogen (secondary N) is 1. The molecule has 1 N–H and O–H groups in total. The zero-order valence-electron chi connectivity index (χ0n) is 19.7. The summed E-state index contributed by atoms with van der Waals surface area (Å²) >= 11 is 6.13. The van der Waals surface area contributed by atoms with E-state index in [0.29, 0.717) is 25.3 Å². The monoisotopic (exact) mass is 516 g/mol. The third-order valence-corrected chi connectivity index (χ3v) is 7.35. The first kappa shape index (κ1) is 24.4. The third-order valence-electron chi connectivity index (χ3n) is 7.03. The number of rotatable bonds is 3. The van der Waals surface area contributed by atoms with Crippen LogP contribution in [0.1, 0.15) is 48.2 Å². The number of hydrogen-bond acceptors (Lipinski definition) is 6. The molecule has 3 aromatic rings. The second-order valence-electron chi connectivity index (χ2n) is 9.43. The highest BCUT2D eigenvalue weighted by Gasteiger charge is 2.44. The van der Waals surface area contributed by atoms with Crippen molar-refractivity contribution in [3.63, 3.8) is 0 Å². The number of pyridine rings is 2. The molecule has 11 heteroatoms. The van der Waals surface area contributed by atoms with Gasteiger partial charge in [0.05, 0.1) is 22.2 Å². The van der Waals surface area contributed by atoms with Crippen molar-refractivity contribution in [3.05, 3.63) is 64.3 Å². The van der Waals surface area contributed by atoms with E-state index in [9.17, 15) is 18.0 Å². The summed E-state index contributed by atoms with van der Waals surface area (Å²) in [4.78, 5) is 31.8. The summed E-state index contributed by atoms with van der Waals surface area (Å²) in [6.07, 6.45) is 2.02. The number of aryl methyl sites for hydroxylation is 2. The highest BCUT2D eigenvalue weighted by atomic mass is 35.5. The van der Waals surface area contributed by atoms with E-state index in [1.54, 1.807) is 30.3 Å². The van der Waals surface area contributed by atoms with Crippen LogP contribution in [0.2, 0.25) is 5.02 Å². The van der Waals surface area contributed by atoms with E-state index in [-0.39, 0.29) is 22.0 Å². The van der Waals surface area contributed by atoms with Crippen molar-refractivity contribution in [2.45, 2.75) is 50.7 Å². The van der Waals surface area contributed by atoms with Gasteiger partial charge >= 0.3 is 6.18 Å². The number of aromatic nitrogens is 4.